The monoisotopic (exact) mass is 199 g/mol. The molecule has 1 N–H and O–H groups in total. The van der Waals surface area contributed by atoms with E-state index in [-0.39, 0.29) is 0 Å². The molecule has 0 rings (SSSR count). The Labute approximate surface area is 90.7 Å². The molecule has 0 aromatic carbocycles. The molecule has 0 aliphatic rings. The van der Waals surface area contributed by atoms with Crippen LogP contribution in [0.3, 0.4) is 0 Å². The van der Waals surface area contributed by atoms with Crippen molar-refractivity contribution in [1.82, 2.24) is 5.32 Å². The predicted octanol–water partition coefficient (Wildman–Crippen LogP) is 3.84. The summed E-state index contributed by atoms with van der Waals surface area (Å²) in [7, 11) is 0. The van der Waals surface area contributed by atoms with Crippen LogP contribution in [0.1, 0.15) is 60.3 Å². The third-order valence-electron chi connectivity index (χ3n) is 2.67. The topological polar surface area (TPSA) is 12.0 Å². The van der Waals surface area contributed by atoms with Gasteiger partial charge in [0, 0.05) is 6.54 Å². The van der Waals surface area contributed by atoms with Gasteiger partial charge in [-0.1, -0.05) is 41.0 Å². The van der Waals surface area contributed by atoms with Crippen molar-refractivity contribution < 1.29 is 0 Å². The highest BCUT2D eigenvalue weighted by Gasteiger charge is 2.15. The molecule has 0 heterocycles. The Hall–Kier alpha value is -0.0400. The Morgan fingerprint density at radius 3 is 2.36 bits per heavy atom. The molecule has 0 spiro atoms. The molecule has 0 aliphatic carbocycles. The standard InChI is InChI=1S/C13H29N/c1-6-9-13(4,5)11-14-10-7-8-12(2)3/h12,14H,6-11H2,1-5H3. The maximum absolute atomic E-state index is 3.57. The van der Waals surface area contributed by atoms with Crippen LogP contribution in [0.2, 0.25) is 0 Å². The Bertz CT molecular complexity index is 127. The second-order valence-corrected chi connectivity index (χ2v) is 5.63. The molecule has 0 atom stereocenters. The maximum Gasteiger partial charge on any atom is 0.000251 e. The van der Waals surface area contributed by atoms with Gasteiger partial charge in [0.1, 0.15) is 0 Å². The number of hydrogen-bond acceptors (Lipinski definition) is 1. The number of hydrogen-bond donors (Lipinski definition) is 1. The van der Waals surface area contributed by atoms with Crippen LogP contribution in [0, 0.1) is 11.3 Å². The zero-order chi connectivity index (χ0) is 11.0. The molecule has 0 unspecified atom stereocenters. The number of rotatable bonds is 8. The van der Waals surface area contributed by atoms with Crippen molar-refractivity contribution in [2.24, 2.45) is 11.3 Å². The Balaban J connectivity index is 3.34. The van der Waals surface area contributed by atoms with Crippen LogP contribution >= 0.6 is 0 Å². The summed E-state index contributed by atoms with van der Waals surface area (Å²) in [5.74, 6) is 0.848. The first-order valence-corrected chi connectivity index (χ1v) is 6.18. The predicted molar refractivity (Wildman–Crippen MR) is 65.6 cm³/mol. The third-order valence-corrected chi connectivity index (χ3v) is 2.67. The van der Waals surface area contributed by atoms with Crippen LogP contribution in [0.5, 0.6) is 0 Å². The van der Waals surface area contributed by atoms with E-state index in [9.17, 15) is 0 Å². The van der Waals surface area contributed by atoms with Gasteiger partial charge in [-0.2, -0.15) is 0 Å². The lowest BCUT2D eigenvalue weighted by atomic mass is 9.88. The van der Waals surface area contributed by atoms with Crippen molar-refractivity contribution in [3.05, 3.63) is 0 Å². The van der Waals surface area contributed by atoms with Crippen molar-refractivity contribution in [3.63, 3.8) is 0 Å². The van der Waals surface area contributed by atoms with E-state index in [0.717, 1.165) is 5.92 Å². The zero-order valence-electron chi connectivity index (χ0n) is 10.8. The van der Waals surface area contributed by atoms with Crippen molar-refractivity contribution in [2.75, 3.05) is 13.1 Å². The molecule has 86 valence electrons. The van der Waals surface area contributed by atoms with Crippen molar-refractivity contribution in [3.8, 4) is 0 Å². The average molecular weight is 199 g/mol. The van der Waals surface area contributed by atoms with E-state index in [4.69, 9.17) is 0 Å². The molecule has 1 heteroatoms. The van der Waals surface area contributed by atoms with Crippen LogP contribution in [0.15, 0.2) is 0 Å². The molecule has 0 saturated carbocycles. The van der Waals surface area contributed by atoms with Gasteiger partial charge in [0.2, 0.25) is 0 Å². The van der Waals surface area contributed by atoms with Gasteiger partial charge in [-0.3, -0.25) is 0 Å². The zero-order valence-corrected chi connectivity index (χ0v) is 10.8. The summed E-state index contributed by atoms with van der Waals surface area (Å²) >= 11 is 0. The lowest BCUT2D eigenvalue weighted by Gasteiger charge is -2.24. The molecule has 0 fully saturated rings. The lowest BCUT2D eigenvalue weighted by Crippen LogP contribution is -2.30. The molecule has 1 nitrogen and oxygen atoms in total. The van der Waals surface area contributed by atoms with Crippen LogP contribution in [-0.2, 0) is 0 Å². The van der Waals surface area contributed by atoms with Crippen LogP contribution in [-0.4, -0.2) is 13.1 Å². The van der Waals surface area contributed by atoms with E-state index >= 15 is 0 Å². The molecule has 0 aromatic rings. The molecule has 0 bridgehead atoms. The fourth-order valence-electron chi connectivity index (χ4n) is 1.83. The molecular weight excluding hydrogens is 170 g/mol. The van der Waals surface area contributed by atoms with Crippen LogP contribution in [0.4, 0.5) is 0 Å². The second kappa shape index (κ2) is 7.28. The van der Waals surface area contributed by atoms with E-state index < -0.39 is 0 Å². The molecular formula is C13H29N. The maximum atomic E-state index is 3.57. The summed E-state index contributed by atoms with van der Waals surface area (Å²) in [6, 6.07) is 0. The Morgan fingerprint density at radius 2 is 1.86 bits per heavy atom. The smallest absolute Gasteiger partial charge is 0.000251 e. The van der Waals surface area contributed by atoms with E-state index in [0.29, 0.717) is 5.41 Å². The first-order valence-electron chi connectivity index (χ1n) is 6.18. The SMILES string of the molecule is CCCC(C)(C)CNCCCC(C)C. The largest absolute Gasteiger partial charge is 0.316 e. The summed E-state index contributed by atoms with van der Waals surface area (Å²) in [6.07, 6.45) is 5.28. The molecule has 0 amide bonds. The van der Waals surface area contributed by atoms with E-state index in [1.807, 2.05) is 0 Å². The van der Waals surface area contributed by atoms with Gasteiger partial charge in [-0.15, -0.1) is 0 Å². The second-order valence-electron chi connectivity index (χ2n) is 5.63. The van der Waals surface area contributed by atoms with Crippen LogP contribution < -0.4 is 5.32 Å². The molecule has 0 saturated heterocycles. The molecule has 14 heavy (non-hydrogen) atoms. The summed E-state index contributed by atoms with van der Waals surface area (Å²) in [4.78, 5) is 0. The van der Waals surface area contributed by atoms with Crippen molar-refractivity contribution in [2.45, 2.75) is 60.3 Å². The van der Waals surface area contributed by atoms with Gasteiger partial charge in [0.25, 0.3) is 0 Å². The normalized spacial score (nSPS) is 12.4. The minimum absolute atomic E-state index is 0.479. The van der Waals surface area contributed by atoms with Gasteiger partial charge < -0.3 is 5.32 Å². The fraction of sp³-hybridized carbons (Fsp3) is 1.00. The first-order chi connectivity index (χ1) is 6.48. The Morgan fingerprint density at radius 1 is 1.21 bits per heavy atom. The van der Waals surface area contributed by atoms with Crippen LogP contribution in [0.25, 0.3) is 0 Å². The van der Waals surface area contributed by atoms with E-state index in [2.05, 4.69) is 39.9 Å². The fourth-order valence-corrected chi connectivity index (χ4v) is 1.83. The first kappa shape index (κ1) is 14.0. The van der Waals surface area contributed by atoms with E-state index in [1.54, 1.807) is 0 Å². The van der Waals surface area contributed by atoms with Crippen molar-refractivity contribution in [1.29, 1.82) is 0 Å². The van der Waals surface area contributed by atoms with Gasteiger partial charge in [0.15, 0.2) is 0 Å². The summed E-state index contributed by atoms with van der Waals surface area (Å²) in [6.45, 7) is 13.9. The van der Waals surface area contributed by atoms with Gasteiger partial charge >= 0.3 is 0 Å². The minimum Gasteiger partial charge on any atom is -0.316 e. The van der Waals surface area contributed by atoms with Gasteiger partial charge in [0.05, 0.1) is 0 Å². The summed E-state index contributed by atoms with van der Waals surface area (Å²) in [5, 5.41) is 3.57. The van der Waals surface area contributed by atoms with Crippen molar-refractivity contribution >= 4 is 0 Å². The highest BCUT2D eigenvalue weighted by atomic mass is 14.9. The highest BCUT2D eigenvalue weighted by Crippen LogP contribution is 2.20. The molecule has 0 radical (unpaired) electrons. The van der Waals surface area contributed by atoms with Gasteiger partial charge in [-0.05, 0) is 37.1 Å². The summed E-state index contributed by atoms with van der Waals surface area (Å²) < 4.78 is 0. The average Bonchev–Trinajstić information content (AvgIpc) is 2.02. The summed E-state index contributed by atoms with van der Waals surface area (Å²) in [5.41, 5.74) is 0.479. The molecule has 0 aliphatic heterocycles. The minimum atomic E-state index is 0.479. The quantitative estimate of drug-likeness (QED) is 0.586. The van der Waals surface area contributed by atoms with Gasteiger partial charge in [-0.25, -0.2) is 0 Å². The molecule has 0 aromatic heterocycles. The van der Waals surface area contributed by atoms with E-state index in [1.165, 1.54) is 38.8 Å². The third kappa shape index (κ3) is 8.55. The lowest BCUT2D eigenvalue weighted by molar-refractivity contribution is 0.309. The highest BCUT2D eigenvalue weighted by molar-refractivity contribution is 4.70. The Kier molecular flexibility index (Phi) is 7.26. The number of nitrogens with one attached hydrogen (secondary N) is 1.